The number of carbonyl (C=O) groups is 2. The van der Waals surface area contributed by atoms with E-state index in [2.05, 4.69) is 6.58 Å². The van der Waals surface area contributed by atoms with E-state index in [0.29, 0.717) is 0 Å². The summed E-state index contributed by atoms with van der Waals surface area (Å²) < 4.78 is 4.75. The molecule has 0 saturated heterocycles. The fourth-order valence-corrected chi connectivity index (χ4v) is 1.06. The maximum absolute atomic E-state index is 11.4. The largest absolute Gasteiger partial charge is 0.478 e. The fraction of sp³-hybridized carbons (Fsp3) is 0.0909. The van der Waals surface area contributed by atoms with Crippen molar-refractivity contribution >= 4 is 11.9 Å². The van der Waals surface area contributed by atoms with Crippen LogP contribution in [0.15, 0.2) is 36.9 Å². The molecule has 0 saturated carbocycles. The van der Waals surface area contributed by atoms with Crippen molar-refractivity contribution < 1.29 is 19.4 Å². The number of esters is 1. The predicted molar refractivity (Wildman–Crippen MR) is 58.9 cm³/mol. The first-order valence-corrected chi connectivity index (χ1v) is 4.27. The van der Waals surface area contributed by atoms with Gasteiger partial charge in [0.2, 0.25) is 0 Å². The number of hydrogen-bond donors (Lipinski definition) is 2. The normalized spacial score (nSPS) is 8.75. The van der Waals surface area contributed by atoms with Crippen molar-refractivity contribution in [1.82, 2.24) is 6.15 Å². The third-order valence-corrected chi connectivity index (χ3v) is 1.71. The Morgan fingerprint density at radius 1 is 1.31 bits per heavy atom. The van der Waals surface area contributed by atoms with Gasteiger partial charge in [-0.3, -0.25) is 0 Å². The highest BCUT2D eigenvalue weighted by Gasteiger charge is 2.16. The minimum atomic E-state index is -1.15. The summed E-state index contributed by atoms with van der Waals surface area (Å²) >= 11 is 0. The smallest absolute Gasteiger partial charge is 0.339 e. The highest BCUT2D eigenvalue weighted by molar-refractivity contribution is 6.02. The Kier molecular flexibility index (Phi) is 5.51. The molecule has 5 nitrogen and oxygen atoms in total. The zero-order valence-electron chi connectivity index (χ0n) is 8.68. The van der Waals surface area contributed by atoms with E-state index < -0.39 is 11.9 Å². The van der Waals surface area contributed by atoms with Crippen molar-refractivity contribution in [2.75, 3.05) is 6.61 Å². The maximum atomic E-state index is 11.4. The number of carbonyl (C=O) groups excluding carboxylic acids is 1. The van der Waals surface area contributed by atoms with Crippen LogP contribution in [0.5, 0.6) is 0 Å². The summed E-state index contributed by atoms with van der Waals surface area (Å²) in [6.07, 6.45) is 1.42. The Morgan fingerprint density at radius 3 is 2.38 bits per heavy atom. The molecule has 0 aliphatic carbocycles. The monoisotopic (exact) mass is 223 g/mol. The third-order valence-electron chi connectivity index (χ3n) is 1.71. The van der Waals surface area contributed by atoms with Gasteiger partial charge >= 0.3 is 11.9 Å². The molecule has 0 aliphatic rings. The lowest BCUT2D eigenvalue weighted by molar-refractivity contribution is 0.0536. The first-order chi connectivity index (χ1) is 7.16. The topological polar surface area (TPSA) is 98.6 Å². The van der Waals surface area contributed by atoms with Crippen molar-refractivity contribution in [2.24, 2.45) is 0 Å². The van der Waals surface area contributed by atoms with Crippen LogP contribution in [0, 0.1) is 0 Å². The number of carboxylic acid groups (broad SMARTS) is 1. The zero-order valence-corrected chi connectivity index (χ0v) is 8.68. The van der Waals surface area contributed by atoms with E-state index in [9.17, 15) is 9.59 Å². The van der Waals surface area contributed by atoms with Crippen LogP contribution >= 0.6 is 0 Å². The number of benzene rings is 1. The molecule has 0 unspecified atom stereocenters. The molecule has 0 amide bonds. The molecule has 1 aromatic rings. The van der Waals surface area contributed by atoms with E-state index in [0.717, 1.165) is 0 Å². The maximum Gasteiger partial charge on any atom is 0.339 e. The molecule has 0 aromatic heterocycles. The molecule has 1 aromatic carbocycles. The second-order valence-electron chi connectivity index (χ2n) is 2.74. The van der Waals surface area contributed by atoms with Gasteiger partial charge in [0.15, 0.2) is 0 Å². The van der Waals surface area contributed by atoms with Gasteiger partial charge in [0.1, 0.15) is 6.61 Å². The molecule has 4 N–H and O–H groups in total. The van der Waals surface area contributed by atoms with Gasteiger partial charge in [-0.05, 0) is 12.1 Å². The van der Waals surface area contributed by atoms with Crippen LogP contribution in [-0.4, -0.2) is 23.7 Å². The molecule has 5 heteroatoms. The lowest BCUT2D eigenvalue weighted by atomic mass is 10.1. The zero-order chi connectivity index (χ0) is 11.3. The lowest BCUT2D eigenvalue weighted by Gasteiger charge is -2.04. The van der Waals surface area contributed by atoms with Gasteiger partial charge in [-0.15, -0.1) is 0 Å². The highest BCUT2D eigenvalue weighted by Crippen LogP contribution is 2.10. The molecule has 16 heavy (non-hydrogen) atoms. The molecule has 0 aliphatic heterocycles. The molecule has 0 bridgehead atoms. The molecule has 0 heterocycles. The molecule has 0 spiro atoms. The van der Waals surface area contributed by atoms with Crippen LogP contribution in [0.1, 0.15) is 20.7 Å². The fourth-order valence-electron chi connectivity index (χ4n) is 1.06. The number of hydrogen-bond acceptors (Lipinski definition) is 4. The Labute approximate surface area is 92.9 Å². The van der Waals surface area contributed by atoms with E-state index in [4.69, 9.17) is 9.84 Å². The van der Waals surface area contributed by atoms with Gasteiger partial charge in [-0.2, -0.15) is 0 Å². The highest BCUT2D eigenvalue weighted by atomic mass is 16.5. The molecule has 0 radical (unpaired) electrons. The Morgan fingerprint density at radius 2 is 1.88 bits per heavy atom. The van der Waals surface area contributed by atoms with Crippen LogP contribution in [-0.2, 0) is 4.74 Å². The third kappa shape index (κ3) is 3.21. The van der Waals surface area contributed by atoms with E-state index in [1.165, 1.54) is 18.2 Å². The van der Waals surface area contributed by atoms with Gasteiger partial charge in [0.05, 0.1) is 11.1 Å². The summed E-state index contributed by atoms with van der Waals surface area (Å²) in [7, 11) is 0. The minimum absolute atomic E-state index is 0. The average Bonchev–Trinajstić information content (AvgIpc) is 2.25. The summed E-state index contributed by atoms with van der Waals surface area (Å²) in [6, 6.07) is 5.90. The Hall–Kier alpha value is -2.14. The predicted octanol–water partition coefficient (Wildman–Crippen LogP) is 1.89. The van der Waals surface area contributed by atoms with E-state index in [1.807, 2.05) is 0 Å². The molecule has 0 fully saturated rings. The van der Waals surface area contributed by atoms with Gasteiger partial charge < -0.3 is 16.0 Å². The number of rotatable bonds is 4. The van der Waals surface area contributed by atoms with Crippen LogP contribution < -0.4 is 6.15 Å². The van der Waals surface area contributed by atoms with Crippen LogP contribution in [0.3, 0.4) is 0 Å². The van der Waals surface area contributed by atoms with Crippen LogP contribution in [0.2, 0.25) is 0 Å². The number of aromatic carboxylic acids is 1. The molecular weight excluding hydrogens is 210 g/mol. The van der Waals surface area contributed by atoms with Crippen LogP contribution in [0.4, 0.5) is 0 Å². The second kappa shape index (κ2) is 6.36. The average molecular weight is 223 g/mol. The van der Waals surface area contributed by atoms with Crippen molar-refractivity contribution in [1.29, 1.82) is 0 Å². The van der Waals surface area contributed by atoms with Crippen molar-refractivity contribution in [2.45, 2.75) is 0 Å². The van der Waals surface area contributed by atoms with E-state index in [-0.39, 0.29) is 23.9 Å². The molecular formula is C11H13NO4. The summed E-state index contributed by atoms with van der Waals surface area (Å²) in [5, 5.41) is 8.81. The van der Waals surface area contributed by atoms with Gasteiger partial charge in [-0.25, -0.2) is 9.59 Å². The summed E-state index contributed by atoms with van der Waals surface area (Å²) in [6.45, 7) is 3.45. The number of carboxylic acids is 1. The Bertz CT molecular complexity index is 401. The Balaban J connectivity index is 0.00000225. The second-order valence-corrected chi connectivity index (χ2v) is 2.74. The standard InChI is InChI=1S/C11H10O4.H3N/c1-2-7-15-11(14)9-6-4-3-5-8(9)10(12)13;/h2-6H,1,7H2,(H,12,13);1H3. The first-order valence-electron chi connectivity index (χ1n) is 4.27. The summed E-state index contributed by atoms with van der Waals surface area (Å²) in [5.41, 5.74) is -0.0154. The van der Waals surface area contributed by atoms with Gasteiger partial charge in [0.25, 0.3) is 0 Å². The quantitative estimate of drug-likeness (QED) is 0.599. The SMILES string of the molecule is C=CCOC(=O)c1ccccc1C(=O)O.N. The minimum Gasteiger partial charge on any atom is -0.478 e. The van der Waals surface area contributed by atoms with Crippen molar-refractivity contribution in [3.05, 3.63) is 48.0 Å². The molecule has 0 atom stereocenters. The first kappa shape index (κ1) is 13.9. The number of ether oxygens (including phenoxy) is 1. The summed E-state index contributed by atoms with van der Waals surface area (Å²) in [4.78, 5) is 22.2. The molecule has 86 valence electrons. The van der Waals surface area contributed by atoms with E-state index in [1.54, 1.807) is 12.1 Å². The van der Waals surface area contributed by atoms with Gasteiger partial charge in [-0.1, -0.05) is 24.8 Å². The van der Waals surface area contributed by atoms with E-state index >= 15 is 0 Å². The summed E-state index contributed by atoms with van der Waals surface area (Å²) in [5.74, 6) is -1.81. The lowest BCUT2D eigenvalue weighted by Crippen LogP contribution is -2.11. The van der Waals surface area contributed by atoms with Gasteiger partial charge in [0, 0.05) is 0 Å². The van der Waals surface area contributed by atoms with Crippen LogP contribution in [0.25, 0.3) is 0 Å². The van der Waals surface area contributed by atoms with Crippen molar-refractivity contribution in [3.8, 4) is 0 Å². The van der Waals surface area contributed by atoms with Crippen molar-refractivity contribution in [3.63, 3.8) is 0 Å². The molecule has 1 rings (SSSR count).